The van der Waals surface area contributed by atoms with Gasteiger partial charge in [0, 0.05) is 35.1 Å². The number of hydrogen-bond acceptors (Lipinski definition) is 3. The van der Waals surface area contributed by atoms with Crippen molar-refractivity contribution in [2.24, 2.45) is 11.7 Å². The summed E-state index contributed by atoms with van der Waals surface area (Å²) in [6, 6.07) is 8.59. The van der Waals surface area contributed by atoms with Crippen LogP contribution in [-0.4, -0.2) is 15.9 Å². The summed E-state index contributed by atoms with van der Waals surface area (Å²) in [4.78, 5) is 5.16. The molecule has 0 radical (unpaired) electrons. The maximum Gasteiger partial charge on any atom is 0.0390 e. The van der Waals surface area contributed by atoms with Crippen molar-refractivity contribution in [1.82, 2.24) is 4.98 Å². The Bertz CT molecular complexity index is 632. The van der Waals surface area contributed by atoms with Crippen LogP contribution < -0.4 is 5.73 Å². The van der Waals surface area contributed by atoms with Crippen molar-refractivity contribution in [3.63, 3.8) is 0 Å². The van der Waals surface area contributed by atoms with Crippen molar-refractivity contribution < 1.29 is 0 Å². The van der Waals surface area contributed by atoms with Crippen molar-refractivity contribution in [1.29, 1.82) is 0 Å². The van der Waals surface area contributed by atoms with Crippen molar-refractivity contribution in [2.75, 3.05) is 0 Å². The zero-order chi connectivity index (χ0) is 14.7. The highest BCUT2D eigenvalue weighted by molar-refractivity contribution is 7.80. The molecule has 0 aliphatic heterocycles. The average Bonchev–Trinajstić information content (AvgIpc) is 2.55. The molecule has 1 aliphatic rings. The predicted octanol–water partition coefficient (Wildman–Crippen LogP) is 4.05. The molecular weight excluding hydrogens is 276 g/mol. The maximum atomic E-state index is 6.40. The van der Waals surface area contributed by atoms with Gasteiger partial charge < -0.3 is 5.73 Å². The van der Waals surface area contributed by atoms with Gasteiger partial charge in [-0.05, 0) is 35.8 Å². The van der Waals surface area contributed by atoms with E-state index in [0.29, 0.717) is 5.92 Å². The molecule has 2 aromatic rings. The Morgan fingerprint density at radius 2 is 2.00 bits per heavy atom. The highest BCUT2D eigenvalue weighted by Crippen LogP contribution is 2.27. The van der Waals surface area contributed by atoms with E-state index in [2.05, 4.69) is 23.2 Å². The molecule has 1 atom stereocenters. The molecule has 3 rings (SSSR count). The lowest BCUT2D eigenvalue weighted by Crippen LogP contribution is -2.39. The van der Waals surface area contributed by atoms with Crippen molar-refractivity contribution in [3.05, 3.63) is 42.2 Å². The van der Waals surface area contributed by atoms with E-state index in [1.54, 1.807) is 0 Å². The fraction of sp³-hybridized carbons (Fsp3) is 0.444. The molecule has 1 aromatic carbocycles. The number of aromatic nitrogens is 1. The number of fused-ring (bicyclic) bond motifs is 1. The third kappa shape index (κ3) is 3.47. The Hall–Kier alpha value is -1.32. The minimum absolute atomic E-state index is 0.0773. The molecule has 1 aromatic heterocycles. The first-order chi connectivity index (χ1) is 10.2. The van der Waals surface area contributed by atoms with E-state index in [1.807, 2.05) is 18.5 Å². The Labute approximate surface area is 131 Å². The van der Waals surface area contributed by atoms with Gasteiger partial charge in [0.1, 0.15) is 0 Å². The van der Waals surface area contributed by atoms with Gasteiger partial charge in [-0.15, -0.1) is 0 Å². The van der Waals surface area contributed by atoms with E-state index in [-0.39, 0.29) is 6.04 Å². The van der Waals surface area contributed by atoms with E-state index >= 15 is 0 Å². The molecule has 2 N–H and O–H groups in total. The van der Waals surface area contributed by atoms with Crippen LogP contribution in [0, 0.1) is 5.92 Å². The van der Waals surface area contributed by atoms with Crippen LogP contribution in [-0.2, 0) is 6.42 Å². The fourth-order valence-electron chi connectivity index (χ4n) is 3.32. The topological polar surface area (TPSA) is 38.9 Å². The van der Waals surface area contributed by atoms with Crippen LogP contribution in [0.15, 0.2) is 36.7 Å². The minimum atomic E-state index is 0.0773. The highest BCUT2D eigenvalue weighted by Gasteiger charge is 2.23. The second-order valence-corrected chi connectivity index (χ2v) is 6.65. The molecule has 1 heterocycles. The van der Waals surface area contributed by atoms with Crippen molar-refractivity contribution in [2.45, 2.75) is 44.6 Å². The van der Waals surface area contributed by atoms with Gasteiger partial charge in [-0.1, -0.05) is 49.7 Å². The standard InChI is InChI=1S/C18H22N2S/c19-18(14-4-2-1-3-5-14)17(21)11-13-6-7-16-12-20-9-8-15(16)10-13/h6-10,12,14,18H,1-5,11,19H2/t18-/m1/s1. The molecule has 3 heteroatoms. The lowest BCUT2D eigenvalue weighted by atomic mass is 9.82. The summed E-state index contributed by atoms with van der Waals surface area (Å²) in [5.41, 5.74) is 7.66. The third-order valence-electron chi connectivity index (χ3n) is 4.61. The van der Waals surface area contributed by atoms with Gasteiger partial charge in [0.05, 0.1) is 0 Å². The number of thiocarbonyl (C=S) groups is 1. The van der Waals surface area contributed by atoms with Gasteiger partial charge >= 0.3 is 0 Å². The van der Waals surface area contributed by atoms with Gasteiger partial charge in [0.2, 0.25) is 0 Å². The molecule has 2 nitrogen and oxygen atoms in total. The summed E-state index contributed by atoms with van der Waals surface area (Å²) in [7, 11) is 0. The zero-order valence-corrected chi connectivity index (χ0v) is 13.1. The summed E-state index contributed by atoms with van der Waals surface area (Å²) >= 11 is 5.62. The SMILES string of the molecule is N[C@@H](C(=S)Cc1ccc2cnccc2c1)C1CCCCC1. The summed E-state index contributed by atoms with van der Waals surface area (Å²) in [5, 5.41) is 2.39. The van der Waals surface area contributed by atoms with Crippen LogP contribution in [0.3, 0.4) is 0 Å². The van der Waals surface area contributed by atoms with E-state index < -0.39 is 0 Å². The maximum absolute atomic E-state index is 6.40. The Morgan fingerprint density at radius 3 is 2.81 bits per heavy atom. The first-order valence-electron chi connectivity index (χ1n) is 7.85. The smallest absolute Gasteiger partial charge is 0.0390 e. The van der Waals surface area contributed by atoms with Crippen LogP contribution in [0.4, 0.5) is 0 Å². The Morgan fingerprint density at radius 1 is 1.19 bits per heavy atom. The summed E-state index contributed by atoms with van der Waals surface area (Å²) in [6.45, 7) is 0. The van der Waals surface area contributed by atoms with E-state index in [4.69, 9.17) is 18.0 Å². The monoisotopic (exact) mass is 298 g/mol. The van der Waals surface area contributed by atoms with Crippen LogP contribution in [0.1, 0.15) is 37.7 Å². The average molecular weight is 298 g/mol. The van der Waals surface area contributed by atoms with Crippen molar-refractivity contribution in [3.8, 4) is 0 Å². The Balaban J connectivity index is 1.70. The van der Waals surface area contributed by atoms with Gasteiger partial charge in [-0.25, -0.2) is 0 Å². The lowest BCUT2D eigenvalue weighted by Gasteiger charge is -2.28. The number of hydrogen-bond donors (Lipinski definition) is 1. The third-order valence-corrected chi connectivity index (χ3v) is 5.03. The minimum Gasteiger partial charge on any atom is -0.323 e. The number of rotatable bonds is 4. The van der Waals surface area contributed by atoms with Crippen LogP contribution in [0.2, 0.25) is 0 Å². The van der Waals surface area contributed by atoms with Crippen LogP contribution in [0.25, 0.3) is 10.8 Å². The number of benzene rings is 1. The molecule has 1 saturated carbocycles. The number of pyridine rings is 1. The quantitative estimate of drug-likeness (QED) is 0.865. The summed E-state index contributed by atoms with van der Waals surface area (Å²) in [5.74, 6) is 0.593. The van der Waals surface area contributed by atoms with E-state index in [9.17, 15) is 0 Å². The number of nitrogens with zero attached hydrogens (tertiary/aromatic N) is 1. The van der Waals surface area contributed by atoms with E-state index in [1.165, 1.54) is 48.4 Å². The van der Waals surface area contributed by atoms with Gasteiger partial charge in [0.25, 0.3) is 0 Å². The molecule has 0 saturated heterocycles. The van der Waals surface area contributed by atoms with E-state index in [0.717, 1.165) is 11.3 Å². The molecular formula is C18H22N2S. The zero-order valence-electron chi connectivity index (χ0n) is 12.3. The largest absolute Gasteiger partial charge is 0.323 e. The summed E-state index contributed by atoms with van der Waals surface area (Å²) < 4.78 is 0. The summed E-state index contributed by atoms with van der Waals surface area (Å²) in [6.07, 6.45) is 11.0. The highest BCUT2D eigenvalue weighted by atomic mass is 32.1. The molecule has 0 unspecified atom stereocenters. The first kappa shape index (κ1) is 14.6. The van der Waals surface area contributed by atoms with Gasteiger partial charge in [0.15, 0.2) is 0 Å². The number of nitrogens with two attached hydrogens (primary N) is 1. The first-order valence-corrected chi connectivity index (χ1v) is 8.26. The second kappa shape index (κ2) is 6.63. The molecule has 21 heavy (non-hydrogen) atoms. The van der Waals surface area contributed by atoms with Crippen LogP contribution >= 0.6 is 12.2 Å². The van der Waals surface area contributed by atoms with Crippen LogP contribution in [0.5, 0.6) is 0 Å². The molecule has 0 amide bonds. The molecule has 0 spiro atoms. The van der Waals surface area contributed by atoms with Crippen molar-refractivity contribution >= 4 is 27.9 Å². The predicted molar refractivity (Wildman–Crippen MR) is 92.6 cm³/mol. The lowest BCUT2D eigenvalue weighted by molar-refractivity contribution is 0.342. The Kier molecular flexibility index (Phi) is 4.61. The fourth-order valence-corrected chi connectivity index (χ4v) is 3.68. The normalized spacial score (nSPS) is 17.8. The molecule has 1 fully saturated rings. The van der Waals surface area contributed by atoms with Gasteiger partial charge in [-0.2, -0.15) is 0 Å². The molecule has 1 aliphatic carbocycles. The molecule has 110 valence electrons. The van der Waals surface area contributed by atoms with Gasteiger partial charge in [-0.3, -0.25) is 4.98 Å². The second-order valence-electron chi connectivity index (χ2n) is 6.12. The molecule has 0 bridgehead atoms.